The number of piperazine rings is 1. The highest BCUT2D eigenvalue weighted by Gasteiger charge is 2.18. The lowest BCUT2D eigenvalue weighted by Gasteiger charge is -2.34. The van der Waals surface area contributed by atoms with Crippen molar-refractivity contribution in [3.8, 4) is 0 Å². The van der Waals surface area contributed by atoms with E-state index >= 15 is 0 Å². The van der Waals surface area contributed by atoms with E-state index in [0.29, 0.717) is 5.69 Å². The zero-order valence-electron chi connectivity index (χ0n) is 14.0. The second-order valence-corrected chi connectivity index (χ2v) is 5.78. The third-order valence-electron chi connectivity index (χ3n) is 4.21. The molecule has 0 radical (unpaired) electrons. The first-order valence-electron chi connectivity index (χ1n) is 8.22. The molecule has 6 heteroatoms. The number of aromatic nitrogens is 2. The first-order chi connectivity index (χ1) is 10.7. The number of rotatable bonds is 6. The highest BCUT2D eigenvalue weighted by molar-refractivity contribution is 5.92. The van der Waals surface area contributed by atoms with Crippen molar-refractivity contribution < 1.29 is 4.79 Å². The van der Waals surface area contributed by atoms with Gasteiger partial charge >= 0.3 is 0 Å². The van der Waals surface area contributed by atoms with E-state index in [1.807, 2.05) is 13.1 Å². The molecule has 1 aromatic heterocycles. The number of nitrogens with zero attached hydrogens (tertiary/aromatic N) is 5. The molecule has 1 saturated heterocycles. The Morgan fingerprint density at radius 3 is 2.45 bits per heavy atom. The molecular formula is C16H27N5O. The average Bonchev–Trinajstić information content (AvgIpc) is 2.59. The monoisotopic (exact) mass is 305 g/mol. The third kappa shape index (κ3) is 4.16. The van der Waals surface area contributed by atoms with E-state index in [1.54, 1.807) is 11.0 Å². The van der Waals surface area contributed by atoms with E-state index in [2.05, 4.69) is 33.8 Å². The highest BCUT2D eigenvalue weighted by Crippen LogP contribution is 2.13. The Hall–Kier alpha value is -1.69. The average molecular weight is 305 g/mol. The van der Waals surface area contributed by atoms with Gasteiger partial charge in [-0.1, -0.05) is 20.3 Å². The second kappa shape index (κ2) is 8.08. The Balaban J connectivity index is 1.94. The van der Waals surface area contributed by atoms with Gasteiger partial charge in [-0.2, -0.15) is 0 Å². The molecule has 1 fully saturated rings. The van der Waals surface area contributed by atoms with Crippen LogP contribution in [-0.2, 0) is 0 Å². The van der Waals surface area contributed by atoms with Crippen molar-refractivity contribution in [3.05, 3.63) is 17.8 Å². The lowest BCUT2D eigenvalue weighted by atomic mass is 10.2. The van der Waals surface area contributed by atoms with Gasteiger partial charge in [-0.3, -0.25) is 4.79 Å². The summed E-state index contributed by atoms with van der Waals surface area (Å²) in [5, 5.41) is 8.37. The van der Waals surface area contributed by atoms with Gasteiger partial charge in [0, 0.05) is 39.8 Å². The minimum Gasteiger partial charge on any atom is -0.353 e. The van der Waals surface area contributed by atoms with Gasteiger partial charge in [-0.15, -0.1) is 10.2 Å². The van der Waals surface area contributed by atoms with E-state index in [-0.39, 0.29) is 5.91 Å². The molecule has 22 heavy (non-hydrogen) atoms. The van der Waals surface area contributed by atoms with Gasteiger partial charge in [0.15, 0.2) is 11.5 Å². The molecule has 1 aliphatic heterocycles. The fourth-order valence-corrected chi connectivity index (χ4v) is 2.59. The summed E-state index contributed by atoms with van der Waals surface area (Å²) in [7, 11) is 1.82. The molecule has 2 heterocycles. The van der Waals surface area contributed by atoms with Crippen LogP contribution in [0.5, 0.6) is 0 Å². The first-order valence-corrected chi connectivity index (χ1v) is 8.22. The van der Waals surface area contributed by atoms with Crippen molar-refractivity contribution in [1.82, 2.24) is 20.0 Å². The molecule has 1 aromatic rings. The maximum Gasteiger partial charge on any atom is 0.274 e. The molecule has 122 valence electrons. The van der Waals surface area contributed by atoms with E-state index in [4.69, 9.17) is 0 Å². The number of carbonyl (C=O) groups is 1. The Labute approximate surface area is 133 Å². The van der Waals surface area contributed by atoms with Gasteiger partial charge in [0.1, 0.15) is 0 Å². The quantitative estimate of drug-likeness (QED) is 0.797. The van der Waals surface area contributed by atoms with E-state index < -0.39 is 0 Å². The zero-order chi connectivity index (χ0) is 15.9. The maximum atomic E-state index is 12.2. The molecule has 0 unspecified atom stereocenters. The summed E-state index contributed by atoms with van der Waals surface area (Å²) in [5.74, 6) is 0.812. The van der Waals surface area contributed by atoms with Crippen LogP contribution in [0.3, 0.4) is 0 Å². The van der Waals surface area contributed by atoms with Crippen LogP contribution < -0.4 is 4.90 Å². The largest absolute Gasteiger partial charge is 0.353 e. The molecule has 0 saturated carbocycles. The number of carbonyl (C=O) groups excluding carboxylic acids is 1. The Morgan fingerprint density at radius 2 is 1.91 bits per heavy atom. The van der Waals surface area contributed by atoms with Gasteiger partial charge in [0.2, 0.25) is 0 Å². The standard InChI is InChI=1S/C16H27N5O/c1-4-6-9-19(3)16(22)14-7-8-15(18-17-14)21-12-10-20(5-2)11-13-21/h7-8H,4-6,9-13H2,1-3H3. The van der Waals surface area contributed by atoms with Gasteiger partial charge in [0.25, 0.3) is 5.91 Å². The molecule has 1 amide bonds. The molecule has 0 bridgehead atoms. The van der Waals surface area contributed by atoms with Crippen LogP contribution in [0.1, 0.15) is 37.2 Å². The topological polar surface area (TPSA) is 52.6 Å². The SMILES string of the molecule is CCCCN(C)C(=O)c1ccc(N2CCN(CC)CC2)nn1. The van der Waals surface area contributed by atoms with Crippen LogP contribution in [0.25, 0.3) is 0 Å². The number of amides is 1. The van der Waals surface area contributed by atoms with Crippen LogP contribution in [0.2, 0.25) is 0 Å². The van der Waals surface area contributed by atoms with Gasteiger partial charge < -0.3 is 14.7 Å². The van der Waals surface area contributed by atoms with Crippen LogP contribution in [-0.4, -0.2) is 72.2 Å². The second-order valence-electron chi connectivity index (χ2n) is 5.78. The summed E-state index contributed by atoms with van der Waals surface area (Å²) in [4.78, 5) is 18.6. The maximum absolute atomic E-state index is 12.2. The Kier molecular flexibility index (Phi) is 6.12. The van der Waals surface area contributed by atoms with Crippen molar-refractivity contribution in [3.63, 3.8) is 0 Å². The highest BCUT2D eigenvalue weighted by atomic mass is 16.2. The Bertz CT molecular complexity index is 468. The van der Waals surface area contributed by atoms with Crippen LogP contribution in [0.4, 0.5) is 5.82 Å². The van der Waals surface area contributed by atoms with Gasteiger partial charge in [0.05, 0.1) is 0 Å². The third-order valence-corrected chi connectivity index (χ3v) is 4.21. The molecule has 0 aromatic carbocycles. The van der Waals surface area contributed by atoms with Crippen molar-refractivity contribution in [1.29, 1.82) is 0 Å². The Morgan fingerprint density at radius 1 is 1.18 bits per heavy atom. The van der Waals surface area contributed by atoms with Crippen molar-refractivity contribution in [2.75, 3.05) is 51.2 Å². The number of anilines is 1. The molecular weight excluding hydrogens is 278 g/mol. The fourth-order valence-electron chi connectivity index (χ4n) is 2.59. The van der Waals surface area contributed by atoms with Crippen molar-refractivity contribution in [2.45, 2.75) is 26.7 Å². The summed E-state index contributed by atoms with van der Waals surface area (Å²) >= 11 is 0. The van der Waals surface area contributed by atoms with Crippen LogP contribution in [0.15, 0.2) is 12.1 Å². The smallest absolute Gasteiger partial charge is 0.274 e. The van der Waals surface area contributed by atoms with E-state index in [9.17, 15) is 4.79 Å². The lowest BCUT2D eigenvalue weighted by Crippen LogP contribution is -2.46. The first kappa shape index (κ1) is 16.7. The molecule has 0 atom stereocenters. The predicted octanol–water partition coefficient (Wildman–Crippen LogP) is 1.49. The lowest BCUT2D eigenvalue weighted by molar-refractivity contribution is 0.0786. The fraction of sp³-hybridized carbons (Fsp3) is 0.688. The van der Waals surface area contributed by atoms with E-state index in [0.717, 1.165) is 57.9 Å². The number of likely N-dealkylation sites (N-methyl/N-ethyl adjacent to an activating group) is 1. The molecule has 0 spiro atoms. The summed E-state index contributed by atoms with van der Waals surface area (Å²) in [6.07, 6.45) is 2.08. The van der Waals surface area contributed by atoms with Gasteiger partial charge in [-0.25, -0.2) is 0 Å². The molecule has 2 rings (SSSR count). The molecule has 0 aliphatic carbocycles. The normalized spacial score (nSPS) is 15.9. The molecule has 1 aliphatic rings. The minimum absolute atomic E-state index is 0.0525. The van der Waals surface area contributed by atoms with Crippen LogP contribution in [0, 0.1) is 0 Å². The summed E-state index contributed by atoms with van der Waals surface area (Å²) in [6.45, 7) is 10.2. The number of hydrogen-bond donors (Lipinski definition) is 0. The summed E-state index contributed by atoms with van der Waals surface area (Å²) < 4.78 is 0. The predicted molar refractivity (Wildman–Crippen MR) is 88.2 cm³/mol. The summed E-state index contributed by atoms with van der Waals surface area (Å²) in [5.41, 5.74) is 0.426. The van der Waals surface area contributed by atoms with E-state index in [1.165, 1.54) is 0 Å². The zero-order valence-corrected chi connectivity index (χ0v) is 14.0. The molecule has 0 N–H and O–H groups in total. The van der Waals surface area contributed by atoms with Gasteiger partial charge in [-0.05, 0) is 25.1 Å². The van der Waals surface area contributed by atoms with Crippen molar-refractivity contribution >= 4 is 11.7 Å². The summed E-state index contributed by atoms with van der Waals surface area (Å²) in [6, 6.07) is 3.70. The number of unbranched alkanes of at least 4 members (excludes halogenated alkanes) is 1. The van der Waals surface area contributed by atoms with Crippen LogP contribution >= 0.6 is 0 Å². The number of hydrogen-bond acceptors (Lipinski definition) is 5. The minimum atomic E-state index is -0.0525. The molecule has 6 nitrogen and oxygen atoms in total. The van der Waals surface area contributed by atoms with Crippen molar-refractivity contribution in [2.24, 2.45) is 0 Å².